The van der Waals surface area contributed by atoms with Crippen LogP contribution in [0.1, 0.15) is 25.0 Å². The van der Waals surface area contributed by atoms with E-state index in [1.54, 1.807) is 55.6 Å². The number of aliphatic hydroxyl groups is 2. The van der Waals surface area contributed by atoms with E-state index in [2.05, 4.69) is 39.8 Å². The normalized spacial score (nSPS) is 16.3. The molecular formula is C28H30FN9O2. The number of hydrogen-bond acceptors (Lipinski definition) is 9. The van der Waals surface area contributed by atoms with Crippen molar-refractivity contribution in [1.82, 2.24) is 34.7 Å². The first-order chi connectivity index (χ1) is 19.3. The van der Waals surface area contributed by atoms with Crippen LogP contribution in [-0.4, -0.2) is 77.2 Å². The summed E-state index contributed by atoms with van der Waals surface area (Å²) in [7, 11) is 0. The maximum atomic E-state index is 13.3. The summed E-state index contributed by atoms with van der Waals surface area (Å²) in [5.74, 6) is 1.09. The van der Waals surface area contributed by atoms with Gasteiger partial charge < -0.3 is 25.0 Å². The van der Waals surface area contributed by atoms with E-state index < -0.39 is 11.7 Å². The highest BCUT2D eigenvalue weighted by molar-refractivity contribution is 5.91. The number of fused-ring (bicyclic) bond motifs is 1. The minimum absolute atomic E-state index is 0.356. The third kappa shape index (κ3) is 4.98. The van der Waals surface area contributed by atoms with Crippen molar-refractivity contribution in [2.24, 2.45) is 0 Å². The van der Waals surface area contributed by atoms with Gasteiger partial charge >= 0.3 is 0 Å². The van der Waals surface area contributed by atoms with E-state index in [0.717, 1.165) is 41.2 Å². The zero-order valence-corrected chi connectivity index (χ0v) is 22.2. The molecule has 0 saturated carbocycles. The fourth-order valence-corrected chi connectivity index (χ4v) is 5.00. The number of benzene rings is 1. The molecule has 0 radical (unpaired) electrons. The maximum Gasteiger partial charge on any atom is 0.225 e. The molecule has 1 aliphatic heterocycles. The average molecular weight is 544 g/mol. The van der Waals surface area contributed by atoms with Crippen LogP contribution in [0.4, 0.5) is 16.2 Å². The number of hydrogen-bond donors (Lipinski definition) is 3. The Labute approximate surface area is 230 Å². The first kappa shape index (κ1) is 25.8. The Hall–Kier alpha value is -4.42. The minimum atomic E-state index is -1.34. The topological polar surface area (TPSA) is 132 Å². The molecule has 2 atom stereocenters. The van der Waals surface area contributed by atoms with E-state index in [1.807, 2.05) is 12.3 Å². The number of aromatic nitrogens is 7. The molecule has 1 aliphatic rings. The Bertz CT molecular complexity index is 1610. The van der Waals surface area contributed by atoms with Crippen LogP contribution in [-0.2, 0) is 12.1 Å². The fraction of sp³-hybridized carbons (Fsp3) is 0.321. The molecule has 0 aliphatic carbocycles. The lowest BCUT2D eigenvalue weighted by atomic mass is 9.90. The van der Waals surface area contributed by atoms with Crippen molar-refractivity contribution in [2.75, 3.05) is 36.0 Å². The van der Waals surface area contributed by atoms with Crippen molar-refractivity contribution < 1.29 is 14.6 Å². The smallest absolute Gasteiger partial charge is 0.225 e. The van der Waals surface area contributed by atoms with E-state index >= 15 is 0 Å². The van der Waals surface area contributed by atoms with Crippen LogP contribution in [0.2, 0.25) is 0 Å². The molecule has 11 nitrogen and oxygen atoms in total. The number of piperazine rings is 1. The Morgan fingerprint density at radius 2 is 1.68 bits per heavy atom. The average Bonchev–Trinajstić information content (AvgIpc) is 3.60. The summed E-state index contributed by atoms with van der Waals surface area (Å²) in [4.78, 5) is 25.8. The molecule has 40 heavy (non-hydrogen) atoms. The molecule has 5 aromatic rings. The van der Waals surface area contributed by atoms with E-state index in [1.165, 1.54) is 12.1 Å². The molecule has 206 valence electrons. The second-order valence-corrected chi connectivity index (χ2v) is 10.3. The van der Waals surface area contributed by atoms with Gasteiger partial charge in [-0.25, -0.2) is 24.3 Å². The standard InChI is InChI=1S/C28H30FN9O2/c1-18(39)15-38-16-19(12-34-38)24-11-23-25(35-24)32-17-33-26(23)36-7-9-37(10-8-36)27-30-13-21(14-31-27)28(2,40)20-3-5-22(29)6-4-20/h3-6,11-14,16-18,39-40H,7-10,15H2,1-2H3,(H,32,33,35)/t18-,28?/m0/s1. The molecule has 0 spiro atoms. The highest BCUT2D eigenvalue weighted by Crippen LogP contribution is 2.31. The first-order valence-corrected chi connectivity index (χ1v) is 13.1. The molecule has 12 heteroatoms. The maximum absolute atomic E-state index is 13.3. The number of aliphatic hydroxyl groups excluding tert-OH is 1. The Morgan fingerprint density at radius 3 is 2.38 bits per heavy atom. The molecule has 3 N–H and O–H groups in total. The molecule has 5 heterocycles. The molecule has 0 bridgehead atoms. The summed E-state index contributed by atoms with van der Waals surface area (Å²) in [5.41, 5.74) is 2.30. The van der Waals surface area contributed by atoms with Crippen LogP contribution < -0.4 is 9.80 Å². The lowest BCUT2D eigenvalue weighted by Crippen LogP contribution is -2.47. The minimum Gasteiger partial charge on any atom is -0.391 e. The zero-order valence-electron chi connectivity index (χ0n) is 22.2. The number of rotatable bonds is 7. The van der Waals surface area contributed by atoms with Gasteiger partial charge in [0, 0.05) is 55.9 Å². The predicted molar refractivity (Wildman–Crippen MR) is 148 cm³/mol. The number of anilines is 2. The van der Waals surface area contributed by atoms with Crippen LogP contribution in [0.15, 0.2) is 61.4 Å². The molecule has 6 rings (SSSR count). The van der Waals surface area contributed by atoms with Gasteiger partial charge in [0.05, 0.1) is 29.9 Å². The van der Waals surface area contributed by atoms with Gasteiger partial charge in [-0.2, -0.15) is 5.10 Å². The monoisotopic (exact) mass is 543 g/mol. The number of aromatic amines is 1. The van der Waals surface area contributed by atoms with Crippen LogP contribution in [0.5, 0.6) is 0 Å². The number of halogens is 1. The highest BCUT2D eigenvalue weighted by atomic mass is 19.1. The summed E-state index contributed by atoms with van der Waals surface area (Å²) in [6.07, 6.45) is 7.99. The lowest BCUT2D eigenvalue weighted by molar-refractivity contribution is 0.101. The predicted octanol–water partition coefficient (Wildman–Crippen LogP) is 2.71. The van der Waals surface area contributed by atoms with Crippen molar-refractivity contribution in [3.05, 3.63) is 78.4 Å². The van der Waals surface area contributed by atoms with Crippen LogP contribution in [0.3, 0.4) is 0 Å². The van der Waals surface area contributed by atoms with Gasteiger partial charge in [-0.3, -0.25) is 4.68 Å². The van der Waals surface area contributed by atoms with Crippen molar-refractivity contribution in [3.8, 4) is 11.3 Å². The lowest BCUT2D eigenvalue weighted by Gasteiger charge is -2.35. The van der Waals surface area contributed by atoms with Gasteiger partial charge in [0.2, 0.25) is 5.95 Å². The molecule has 0 amide bonds. The largest absolute Gasteiger partial charge is 0.391 e. The number of nitrogens with zero attached hydrogens (tertiary/aromatic N) is 8. The summed E-state index contributed by atoms with van der Waals surface area (Å²) in [5, 5.41) is 26.0. The van der Waals surface area contributed by atoms with Crippen LogP contribution in [0.25, 0.3) is 22.3 Å². The summed E-state index contributed by atoms with van der Waals surface area (Å²) in [6.45, 7) is 6.64. The number of H-pyrrole nitrogens is 1. The molecule has 1 fully saturated rings. The van der Waals surface area contributed by atoms with E-state index in [-0.39, 0.29) is 5.82 Å². The molecule has 1 unspecified atom stereocenters. The van der Waals surface area contributed by atoms with E-state index in [9.17, 15) is 14.6 Å². The van der Waals surface area contributed by atoms with Gasteiger partial charge in [-0.15, -0.1) is 0 Å². The van der Waals surface area contributed by atoms with Crippen molar-refractivity contribution >= 4 is 22.8 Å². The summed E-state index contributed by atoms with van der Waals surface area (Å²) < 4.78 is 15.0. The Morgan fingerprint density at radius 1 is 0.975 bits per heavy atom. The van der Waals surface area contributed by atoms with Crippen LogP contribution in [0, 0.1) is 5.82 Å². The van der Waals surface area contributed by atoms with E-state index in [0.29, 0.717) is 36.7 Å². The highest BCUT2D eigenvalue weighted by Gasteiger charge is 2.28. The SMILES string of the molecule is C[C@H](O)Cn1cc(-c2cc3c(N4CCN(c5ncc(C(C)(O)c6ccc(F)cc6)cn5)CC4)ncnc3[nH]2)cn1. The van der Waals surface area contributed by atoms with Gasteiger partial charge in [-0.1, -0.05) is 12.1 Å². The van der Waals surface area contributed by atoms with Crippen molar-refractivity contribution in [2.45, 2.75) is 32.1 Å². The number of nitrogens with one attached hydrogen (secondary N) is 1. The van der Waals surface area contributed by atoms with Crippen molar-refractivity contribution in [3.63, 3.8) is 0 Å². The van der Waals surface area contributed by atoms with Gasteiger partial charge in [-0.05, 0) is 37.6 Å². The van der Waals surface area contributed by atoms with Gasteiger partial charge in [0.25, 0.3) is 0 Å². The van der Waals surface area contributed by atoms with Crippen LogP contribution >= 0.6 is 0 Å². The molecule has 4 aromatic heterocycles. The fourth-order valence-electron chi connectivity index (χ4n) is 5.00. The zero-order chi connectivity index (χ0) is 27.9. The molecular weight excluding hydrogens is 513 g/mol. The second kappa shape index (κ2) is 10.3. The second-order valence-electron chi connectivity index (χ2n) is 10.3. The third-order valence-corrected chi connectivity index (χ3v) is 7.27. The quantitative estimate of drug-likeness (QED) is 0.283. The van der Waals surface area contributed by atoms with Gasteiger partial charge in [0.15, 0.2) is 0 Å². The Balaban J connectivity index is 1.15. The van der Waals surface area contributed by atoms with E-state index in [4.69, 9.17) is 0 Å². The molecule has 1 aromatic carbocycles. The third-order valence-electron chi connectivity index (χ3n) is 7.27. The molecule has 1 saturated heterocycles. The Kier molecular flexibility index (Phi) is 6.64. The van der Waals surface area contributed by atoms with Crippen molar-refractivity contribution in [1.29, 1.82) is 0 Å². The summed E-state index contributed by atoms with van der Waals surface area (Å²) in [6, 6.07) is 7.81. The summed E-state index contributed by atoms with van der Waals surface area (Å²) >= 11 is 0. The first-order valence-electron chi connectivity index (χ1n) is 13.1. The van der Waals surface area contributed by atoms with Gasteiger partial charge in [0.1, 0.15) is 29.2 Å².